The van der Waals surface area contributed by atoms with Crippen LogP contribution >= 0.6 is 0 Å². The first-order valence-corrected chi connectivity index (χ1v) is 10.6. The molecule has 3 rings (SSSR count). The zero-order chi connectivity index (χ0) is 23.5. The van der Waals surface area contributed by atoms with Gasteiger partial charge in [-0.05, 0) is 35.6 Å². The average Bonchev–Trinajstić information content (AvgIpc) is 2.87. The van der Waals surface area contributed by atoms with Gasteiger partial charge in [-0.15, -0.1) is 0 Å². The minimum absolute atomic E-state index is 0.166. The minimum atomic E-state index is -0.711. The number of rotatable bonds is 7. The van der Waals surface area contributed by atoms with Gasteiger partial charge in [0.1, 0.15) is 5.69 Å². The number of ether oxygens (including phenoxy) is 1. The van der Waals surface area contributed by atoms with Crippen LogP contribution in [0.1, 0.15) is 34.5 Å². The van der Waals surface area contributed by atoms with Crippen LogP contribution in [-0.4, -0.2) is 30.4 Å². The van der Waals surface area contributed by atoms with Gasteiger partial charge >= 0.3 is 12.0 Å². The van der Waals surface area contributed by atoms with E-state index in [1.807, 2.05) is 79.7 Å². The van der Waals surface area contributed by atoms with Gasteiger partial charge in [0.05, 0.1) is 23.7 Å². The molecule has 0 aliphatic heterocycles. The van der Waals surface area contributed by atoms with Crippen molar-refractivity contribution in [2.24, 2.45) is 0 Å². The van der Waals surface area contributed by atoms with Crippen LogP contribution in [0.2, 0.25) is 0 Å². The summed E-state index contributed by atoms with van der Waals surface area (Å²) >= 11 is 0. The van der Waals surface area contributed by atoms with E-state index in [1.54, 1.807) is 29.2 Å². The molecule has 0 saturated heterocycles. The fourth-order valence-corrected chi connectivity index (χ4v) is 3.30. The van der Waals surface area contributed by atoms with Gasteiger partial charge in [-0.25, -0.2) is 4.79 Å². The molecule has 0 saturated carbocycles. The Morgan fingerprint density at radius 2 is 1.64 bits per heavy atom. The predicted octanol–water partition coefficient (Wildman–Crippen LogP) is 5.44. The van der Waals surface area contributed by atoms with Gasteiger partial charge in [-0.3, -0.25) is 4.79 Å². The largest absolute Gasteiger partial charge is 0.463 e. The molecule has 1 amide bonds. The second-order valence-electron chi connectivity index (χ2n) is 7.23. The summed E-state index contributed by atoms with van der Waals surface area (Å²) in [5, 5.41) is 0. The van der Waals surface area contributed by atoms with Crippen LogP contribution in [0.3, 0.4) is 0 Å². The summed E-state index contributed by atoms with van der Waals surface area (Å²) in [4.78, 5) is 30.5. The summed E-state index contributed by atoms with van der Waals surface area (Å²) in [6, 6.07) is 28.9. The van der Waals surface area contributed by atoms with E-state index in [0.717, 1.165) is 11.1 Å². The van der Waals surface area contributed by atoms with Crippen LogP contribution in [-0.2, 0) is 9.53 Å². The van der Waals surface area contributed by atoms with Crippen molar-refractivity contribution < 1.29 is 14.3 Å². The number of para-hydroxylation sites is 1. The molecule has 0 fully saturated rings. The Hall–Kier alpha value is -4.37. The van der Waals surface area contributed by atoms with E-state index in [-0.39, 0.29) is 11.9 Å². The van der Waals surface area contributed by atoms with Crippen molar-refractivity contribution >= 4 is 23.6 Å². The molecule has 33 heavy (non-hydrogen) atoms. The van der Waals surface area contributed by atoms with Crippen LogP contribution in [0.4, 0.5) is 5.69 Å². The molecule has 6 heteroatoms. The molecule has 6 nitrogen and oxygen atoms in total. The fourth-order valence-electron chi connectivity index (χ4n) is 3.30. The molecular weight excluding hydrogens is 414 g/mol. The lowest BCUT2D eigenvalue weighted by molar-refractivity contribution is -0.133. The Bertz CT molecular complexity index is 1170. The third kappa shape index (κ3) is 6.55. The van der Waals surface area contributed by atoms with Gasteiger partial charge < -0.3 is 9.64 Å². The molecule has 3 aromatic rings. The van der Waals surface area contributed by atoms with Crippen LogP contribution in [0.15, 0.2) is 91.0 Å². The standard InChI is InChI=1S/C27H25N3O3/c1-21(23-15-7-4-8-16-23)30(19-11-14-22-12-5-3-6-13-22)27(32)24-17-9-10-18-25(24)29-28-20-26(31)33-2/h3-18,21H,19H2,1-2H3/p+1/b14-11-/t21-/m0/s1. The molecule has 0 radical (unpaired) electrons. The Morgan fingerprint density at radius 3 is 2.33 bits per heavy atom. The van der Waals surface area contributed by atoms with Crippen molar-refractivity contribution in [3.8, 4) is 6.07 Å². The quantitative estimate of drug-likeness (QED) is 0.302. The maximum atomic E-state index is 13.7. The third-order valence-corrected chi connectivity index (χ3v) is 5.09. The second kappa shape index (κ2) is 11.9. The van der Waals surface area contributed by atoms with Gasteiger partial charge in [-0.1, -0.05) is 84.9 Å². The highest BCUT2D eigenvalue weighted by molar-refractivity contribution is 6.00. The zero-order valence-corrected chi connectivity index (χ0v) is 18.6. The normalized spacial score (nSPS) is 11.2. The van der Waals surface area contributed by atoms with E-state index in [2.05, 4.69) is 21.2 Å². The molecule has 0 aromatic heterocycles. The summed E-state index contributed by atoms with van der Waals surface area (Å²) in [6.07, 6.45) is 3.98. The molecule has 0 unspecified atom stereocenters. The van der Waals surface area contributed by atoms with Crippen molar-refractivity contribution in [3.05, 3.63) is 113 Å². The summed E-state index contributed by atoms with van der Waals surface area (Å²) in [6.45, 7) is 2.42. The lowest BCUT2D eigenvalue weighted by atomic mass is 10.0. The monoisotopic (exact) mass is 440 g/mol. The fraction of sp³-hybridized carbons (Fsp3) is 0.148. The summed E-state index contributed by atoms with van der Waals surface area (Å²) < 4.78 is 4.50. The SMILES string of the molecule is COC(=O)C#[N+]Nc1ccccc1C(=O)N(C/C=C\c1ccccc1)[C@@H](C)c1ccccc1. The lowest BCUT2D eigenvalue weighted by Crippen LogP contribution is -2.34. The number of anilines is 1. The Kier molecular flexibility index (Phi) is 8.38. The number of nitrogens with one attached hydrogen (secondary N) is 1. The summed E-state index contributed by atoms with van der Waals surface area (Å²) in [5.41, 5.74) is 5.72. The van der Waals surface area contributed by atoms with E-state index in [9.17, 15) is 9.59 Å². The molecule has 3 aromatic carbocycles. The van der Waals surface area contributed by atoms with E-state index >= 15 is 0 Å². The molecule has 0 bridgehead atoms. The minimum Gasteiger partial charge on any atom is -0.455 e. The molecule has 166 valence electrons. The topological polar surface area (TPSA) is 63.0 Å². The maximum Gasteiger partial charge on any atom is 0.463 e. The Labute approximate surface area is 193 Å². The van der Waals surface area contributed by atoms with Gasteiger partial charge in [0.15, 0.2) is 0 Å². The Morgan fingerprint density at radius 1 is 1.00 bits per heavy atom. The average molecular weight is 441 g/mol. The number of esters is 1. The maximum absolute atomic E-state index is 13.7. The molecule has 0 spiro atoms. The third-order valence-electron chi connectivity index (χ3n) is 5.09. The summed E-state index contributed by atoms with van der Waals surface area (Å²) in [7, 11) is 1.24. The molecule has 1 N–H and O–H groups in total. The number of carbonyl (C=O) groups is 2. The number of carbonyl (C=O) groups excluding carboxylic acids is 2. The number of hydrogen-bond acceptors (Lipinski definition) is 4. The number of amides is 1. The smallest absolute Gasteiger partial charge is 0.455 e. The van der Waals surface area contributed by atoms with Crippen LogP contribution in [0.25, 0.3) is 11.0 Å². The highest BCUT2D eigenvalue weighted by Gasteiger charge is 2.24. The van der Waals surface area contributed by atoms with Gasteiger partial charge in [0, 0.05) is 6.54 Å². The van der Waals surface area contributed by atoms with Crippen LogP contribution in [0.5, 0.6) is 0 Å². The van der Waals surface area contributed by atoms with Crippen molar-refractivity contribution in [3.63, 3.8) is 0 Å². The van der Waals surface area contributed by atoms with Crippen molar-refractivity contribution in [2.45, 2.75) is 13.0 Å². The number of benzene rings is 3. The highest BCUT2D eigenvalue weighted by Crippen LogP contribution is 2.25. The van der Waals surface area contributed by atoms with Crippen molar-refractivity contribution in [2.75, 3.05) is 19.1 Å². The van der Waals surface area contributed by atoms with Gasteiger partial charge in [0.2, 0.25) is 0 Å². The van der Waals surface area contributed by atoms with E-state index in [1.165, 1.54) is 7.11 Å². The van der Waals surface area contributed by atoms with Crippen LogP contribution in [0, 0.1) is 6.07 Å². The first kappa shape index (κ1) is 23.3. The van der Waals surface area contributed by atoms with E-state index in [4.69, 9.17) is 0 Å². The first-order valence-electron chi connectivity index (χ1n) is 10.6. The Balaban J connectivity index is 1.89. The predicted molar refractivity (Wildman–Crippen MR) is 131 cm³/mol. The number of methoxy groups -OCH3 is 1. The molecule has 0 aliphatic rings. The second-order valence-corrected chi connectivity index (χ2v) is 7.23. The molecule has 1 atom stereocenters. The molecule has 0 aliphatic carbocycles. The number of hydrogen-bond donors (Lipinski definition) is 1. The van der Waals surface area contributed by atoms with E-state index in [0.29, 0.717) is 17.8 Å². The molecular formula is C27H26N3O3+. The van der Waals surface area contributed by atoms with Gasteiger partial charge in [0.25, 0.3) is 5.91 Å². The first-order chi connectivity index (χ1) is 16.1. The van der Waals surface area contributed by atoms with Crippen molar-refractivity contribution in [1.82, 2.24) is 4.90 Å². The highest BCUT2D eigenvalue weighted by atomic mass is 16.5. The summed E-state index contributed by atoms with van der Waals surface area (Å²) in [5.74, 6) is -0.878. The van der Waals surface area contributed by atoms with Crippen LogP contribution < -0.4 is 5.43 Å². The molecule has 0 heterocycles. The van der Waals surface area contributed by atoms with E-state index < -0.39 is 5.97 Å². The number of nitrogens with zero attached hydrogens (tertiary/aromatic N) is 2. The zero-order valence-electron chi connectivity index (χ0n) is 18.6. The van der Waals surface area contributed by atoms with Crippen molar-refractivity contribution in [1.29, 1.82) is 0 Å². The van der Waals surface area contributed by atoms with Gasteiger partial charge in [-0.2, -0.15) is 0 Å². The lowest BCUT2D eigenvalue weighted by Gasteiger charge is -2.29.